The second-order valence-electron chi connectivity index (χ2n) is 5.72. The van der Waals surface area contributed by atoms with Crippen LogP contribution in [-0.2, 0) is 4.79 Å². The fourth-order valence-corrected chi connectivity index (χ4v) is 2.76. The van der Waals surface area contributed by atoms with E-state index in [0.29, 0.717) is 36.7 Å². The average Bonchev–Trinajstić information content (AvgIpc) is 3.24. The number of hydrogen-bond acceptors (Lipinski definition) is 6. The Morgan fingerprint density at radius 1 is 1.42 bits per heavy atom. The molecule has 1 saturated heterocycles. The number of nitrogens with zero attached hydrogens (tertiary/aromatic N) is 4. The van der Waals surface area contributed by atoms with Gasteiger partial charge in [-0.1, -0.05) is 17.3 Å². The van der Waals surface area contributed by atoms with Crippen LogP contribution in [0.25, 0.3) is 11.3 Å². The van der Waals surface area contributed by atoms with E-state index in [4.69, 9.17) is 15.0 Å². The SMILES string of the molecule is N#Cc1cccc(-c2cc(NC(=O)C[C@H]3CCN(C#N)C3)no2)c1. The Balaban J connectivity index is 1.61. The van der Waals surface area contributed by atoms with E-state index in [1.54, 1.807) is 29.2 Å². The number of carbonyl (C=O) groups is 1. The number of nitriles is 2. The first kappa shape index (κ1) is 15.6. The molecule has 0 saturated carbocycles. The molecule has 2 heterocycles. The van der Waals surface area contributed by atoms with Crippen molar-refractivity contribution in [3.05, 3.63) is 35.9 Å². The summed E-state index contributed by atoms with van der Waals surface area (Å²) in [5.74, 6) is 0.861. The maximum Gasteiger partial charge on any atom is 0.225 e. The molecule has 0 spiro atoms. The van der Waals surface area contributed by atoms with Gasteiger partial charge in [0.2, 0.25) is 5.91 Å². The molecular formula is C17H15N5O2. The van der Waals surface area contributed by atoms with Crippen LogP contribution in [0.15, 0.2) is 34.9 Å². The van der Waals surface area contributed by atoms with Gasteiger partial charge >= 0.3 is 0 Å². The molecule has 0 bridgehead atoms. The number of nitrogens with one attached hydrogen (secondary N) is 1. The number of benzene rings is 1. The van der Waals surface area contributed by atoms with E-state index in [2.05, 4.69) is 22.7 Å². The Morgan fingerprint density at radius 3 is 3.04 bits per heavy atom. The van der Waals surface area contributed by atoms with Crippen molar-refractivity contribution in [2.75, 3.05) is 18.4 Å². The lowest BCUT2D eigenvalue weighted by atomic mass is 10.0. The number of hydrogen-bond donors (Lipinski definition) is 1. The van der Waals surface area contributed by atoms with E-state index in [0.717, 1.165) is 12.0 Å². The monoisotopic (exact) mass is 321 g/mol. The van der Waals surface area contributed by atoms with Crippen LogP contribution in [-0.4, -0.2) is 29.1 Å². The van der Waals surface area contributed by atoms with Crippen molar-refractivity contribution < 1.29 is 9.32 Å². The first-order chi connectivity index (χ1) is 11.7. The fraction of sp³-hybridized carbons (Fsp3) is 0.294. The molecule has 1 aromatic carbocycles. The summed E-state index contributed by atoms with van der Waals surface area (Å²) in [5, 5.41) is 24.3. The number of amides is 1. The van der Waals surface area contributed by atoms with Crippen LogP contribution in [0.1, 0.15) is 18.4 Å². The van der Waals surface area contributed by atoms with Crippen molar-refractivity contribution in [3.8, 4) is 23.6 Å². The molecule has 1 N–H and O–H groups in total. The average molecular weight is 321 g/mol. The van der Waals surface area contributed by atoms with Gasteiger partial charge < -0.3 is 14.7 Å². The van der Waals surface area contributed by atoms with Gasteiger partial charge in [0.25, 0.3) is 0 Å². The summed E-state index contributed by atoms with van der Waals surface area (Å²) >= 11 is 0. The van der Waals surface area contributed by atoms with Gasteiger partial charge in [-0.15, -0.1) is 0 Å². The fourth-order valence-electron chi connectivity index (χ4n) is 2.76. The molecular weight excluding hydrogens is 306 g/mol. The van der Waals surface area contributed by atoms with Gasteiger partial charge in [0.05, 0.1) is 11.6 Å². The Labute approximate surface area is 139 Å². The van der Waals surface area contributed by atoms with Crippen LogP contribution < -0.4 is 5.32 Å². The van der Waals surface area contributed by atoms with Crippen LogP contribution >= 0.6 is 0 Å². The van der Waals surface area contributed by atoms with Crippen molar-refractivity contribution in [2.24, 2.45) is 5.92 Å². The van der Waals surface area contributed by atoms with Gasteiger partial charge in [-0.3, -0.25) is 4.79 Å². The zero-order valence-electron chi connectivity index (χ0n) is 12.9. The molecule has 0 radical (unpaired) electrons. The van der Waals surface area contributed by atoms with E-state index in [9.17, 15) is 4.79 Å². The van der Waals surface area contributed by atoms with E-state index in [-0.39, 0.29) is 11.8 Å². The molecule has 1 fully saturated rings. The summed E-state index contributed by atoms with van der Waals surface area (Å²) in [6.07, 6.45) is 3.29. The van der Waals surface area contributed by atoms with Gasteiger partial charge in [-0.2, -0.15) is 10.5 Å². The molecule has 3 rings (SSSR count). The molecule has 0 aliphatic carbocycles. The highest BCUT2D eigenvalue weighted by Crippen LogP contribution is 2.24. The maximum atomic E-state index is 12.1. The topological polar surface area (TPSA) is 106 Å². The second kappa shape index (κ2) is 6.84. The number of aromatic nitrogens is 1. The largest absolute Gasteiger partial charge is 0.354 e. The van der Waals surface area contributed by atoms with E-state index in [1.165, 1.54) is 0 Å². The highest BCUT2D eigenvalue weighted by Gasteiger charge is 2.24. The zero-order valence-corrected chi connectivity index (χ0v) is 12.9. The minimum atomic E-state index is -0.148. The van der Waals surface area contributed by atoms with Crippen LogP contribution in [0.3, 0.4) is 0 Å². The van der Waals surface area contributed by atoms with Crippen LogP contribution in [0.5, 0.6) is 0 Å². The van der Waals surface area contributed by atoms with Gasteiger partial charge in [0, 0.05) is 31.1 Å². The minimum absolute atomic E-state index is 0.148. The van der Waals surface area contributed by atoms with Crippen LogP contribution in [0.2, 0.25) is 0 Å². The van der Waals surface area contributed by atoms with Crippen molar-refractivity contribution in [2.45, 2.75) is 12.8 Å². The van der Waals surface area contributed by atoms with Gasteiger partial charge in [0.15, 0.2) is 17.8 Å². The molecule has 7 nitrogen and oxygen atoms in total. The molecule has 120 valence electrons. The third-order valence-electron chi connectivity index (χ3n) is 3.96. The molecule has 1 aliphatic rings. The summed E-state index contributed by atoms with van der Waals surface area (Å²) in [4.78, 5) is 13.7. The molecule has 1 aliphatic heterocycles. The lowest BCUT2D eigenvalue weighted by molar-refractivity contribution is -0.117. The van der Waals surface area contributed by atoms with Gasteiger partial charge in [-0.05, 0) is 24.5 Å². The Bertz CT molecular complexity index is 830. The van der Waals surface area contributed by atoms with E-state index in [1.807, 2.05) is 6.07 Å². The number of likely N-dealkylation sites (tertiary alicyclic amines) is 1. The summed E-state index contributed by atoms with van der Waals surface area (Å²) in [7, 11) is 0. The van der Waals surface area contributed by atoms with Crippen molar-refractivity contribution in [1.29, 1.82) is 10.5 Å². The zero-order chi connectivity index (χ0) is 16.9. The second-order valence-corrected chi connectivity index (χ2v) is 5.72. The lowest BCUT2D eigenvalue weighted by Crippen LogP contribution is -2.19. The third kappa shape index (κ3) is 3.53. The third-order valence-corrected chi connectivity index (χ3v) is 3.96. The van der Waals surface area contributed by atoms with Gasteiger partial charge in [-0.25, -0.2) is 0 Å². The molecule has 24 heavy (non-hydrogen) atoms. The lowest BCUT2D eigenvalue weighted by Gasteiger charge is -2.08. The Morgan fingerprint density at radius 2 is 2.29 bits per heavy atom. The molecule has 0 unspecified atom stereocenters. The predicted molar refractivity (Wildman–Crippen MR) is 85.2 cm³/mol. The van der Waals surface area contributed by atoms with Crippen molar-refractivity contribution >= 4 is 11.7 Å². The molecule has 1 aromatic heterocycles. The normalized spacial score (nSPS) is 16.4. The highest BCUT2D eigenvalue weighted by molar-refractivity contribution is 5.90. The first-order valence-electron chi connectivity index (χ1n) is 7.59. The Kier molecular flexibility index (Phi) is 4.44. The maximum absolute atomic E-state index is 12.1. The molecule has 2 aromatic rings. The van der Waals surface area contributed by atoms with Crippen LogP contribution in [0, 0.1) is 28.7 Å². The number of anilines is 1. The number of rotatable bonds is 4. The first-order valence-corrected chi connectivity index (χ1v) is 7.59. The standard InChI is InChI=1S/C17H15N5O2/c18-9-12-2-1-3-14(6-12)15-8-16(21-24-15)20-17(23)7-13-4-5-22(10-13)11-19/h1-3,6,8,13H,4-5,7,10H2,(H,20,21,23)/t13-/m1/s1. The van der Waals surface area contributed by atoms with E-state index >= 15 is 0 Å². The van der Waals surface area contributed by atoms with Crippen LogP contribution in [0.4, 0.5) is 5.82 Å². The molecule has 1 amide bonds. The molecule has 1 atom stereocenters. The smallest absolute Gasteiger partial charge is 0.225 e. The van der Waals surface area contributed by atoms with E-state index < -0.39 is 0 Å². The summed E-state index contributed by atoms with van der Waals surface area (Å²) in [5.41, 5.74) is 1.25. The Hall–Kier alpha value is -3.32. The summed E-state index contributed by atoms with van der Waals surface area (Å²) < 4.78 is 5.23. The predicted octanol–water partition coefficient (Wildman–Crippen LogP) is 2.34. The quantitative estimate of drug-likeness (QED) is 0.866. The van der Waals surface area contributed by atoms with Crippen molar-refractivity contribution in [3.63, 3.8) is 0 Å². The highest BCUT2D eigenvalue weighted by atomic mass is 16.5. The van der Waals surface area contributed by atoms with Crippen molar-refractivity contribution in [1.82, 2.24) is 10.1 Å². The summed E-state index contributed by atoms with van der Waals surface area (Å²) in [6.45, 7) is 1.33. The number of carbonyl (C=O) groups excluding carboxylic acids is 1. The molecule has 7 heteroatoms. The summed E-state index contributed by atoms with van der Waals surface area (Å²) in [6, 6.07) is 10.7. The van der Waals surface area contributed by atoms with Gasteiger partial charge in [0.1, 0.15) is 0 Å². The minimum Gasteiger partial charge on any atom is -0.354 e.